The van der Waals surface area contributed by atoms with Crippen LogP contribution in [0.2, 0.25) is 5.28 Å². The van der Waals surface area contributed by atoms with Gasteiger partial charge in [0.25, 0.3) is 5.91 Å². The van der Waals surface area contributed by atoms with Crippen molar-refractivity contribution in [1.82, 2.24) is 15.3 Å². The average molecular weight is 276 g/mol. The summed E-state index contributed by atoms with van der Waals surface area (Å²) in [6.45, 7) is -0.182. The van der Waals surface area contributed by atoms with Crippen LogP contribution in [0.5, 0.6) is 0 Å². The molecule has 0 saturated carbocycles. The molecule has 0 aliphatic heterocycles. The number of carbonyl (C=O) groups is 1. The highest BCUT2D eigenvalue weighted by Gasteiger charge is 2.30. The fourth-order valence-electron chi connectivity index (χ4n) is 1.22. The fraction of sp³-hybridized carbons (Fsp3) is 0.500. The number of aliphatic hydroxyl groups is 3. The van der Waals surface area contributed by atoms with Crippen molar-refractivity contribution >= 4 is 17.5 Å². The summed E-state index contributed by atoms with van der Waals surface area (Å²) in [5.74, 6) is -0.667. The smallest absolute Gasteiger partial charge is 0.270 e. The van der Waals surface area contributed by atoms with Gasteiger partial charge in [-0.2, -0.15) is 0 Å². The second-order valence-corrected chi connectivity index (χ2v) is 4.21. The first-order valence-electron chi connectivity index (χ1n) is 5.12. The minimum Gasteiger partial charge on any atom is -0.394 e. The van der Waals surface area contributed by atoms with Crippen molar-refractivity contribution in [2.45, 2.75) is 12.5 Å². The molecule has 4 N–H and O–H groups in total. The molecule has 0 radical (unpaired) electrons. The van der Waals surface area contributed by atoms with Gasteiger partial charge in [-0.3, -0.25) is 4.79 Å². The molecule has 0 aromatic carbocycles. The highest BCUT2D eigenvalue weighted by atomic mass is 35.5. The van der Waals surface area contributed by atoms with Gasteiger partial charge >= 0.3 is 0 Å². The van der Waals surface area contributed by atoms with Crippen molar-refractivity contribution in [3.05, 3.63) is 22.7 Å². The number of amides is 1. The summed E-state index contributed by atoms with van der Waals surface area (Å²) in [6.07, 6.45) is 0. The van der Waals surface area contributed by atoms with E-state index < -0.39 is 31.3 Å². The van der Waals surface area contributed by atoms with Gasteiger partial charge in [-0.1, -0.05) is 0 Å². The van der Waals surface area contributed by atoms with E-state index in [1.165, 1.54) is 6.07 Å². The predicted molar refractivity (Wildman–Crippen MR) is 63.2 cm³/mol. The standard InChI is InChI=1S/C10H14ClN3O4/c1-6-2-7(13-9(11)12-6)8(18)14-10(3-15,4-16)5-17/h2,15-17H,3-5H2,1H3,(H,14,18). The number of aryl methyl sites for hydroxylation is 1. The molecular weight excluding hydrogens is 262 g/mol. The Bertz CT molecular complexity index is 409. The molecule has 0 bridgehead atoms. The van der Waals surface area contributed by atoms with Gasteiger partial charge in [0, 0.05) is 5.69 Å². The number of aromatic nitrogens is 2. The van der Waals surface area contributed by atoms with Gasteiger partial charge in [0.05, 0.1) is 19.8 Å². The zero-order chi connectivity index (χ0) is 13.8. The molecule has 100 valence electrons. The van der Waals surface area contributed by atoms with Gasteiger partial charge in [-0.25, -0.2) is 9.97 Å². The molecule has 7 nitrogen and oxygen atoms in total. The maximum absolute atomic E-state index is 11.8. The first kappa shape index (κ1) is 14.8. The van der Waals surface area contributed by atoms with Gasteiger partial charge in [0.1, 0.15) is 11.2 Å². The predicted octanol–water partition coefficient (Wildman–Crippen LogP) is -1.12. The number of carbonyl (C=O) groups excluding carboxylic acids is 1. The zero-order valence-electron chi connectivity index (χ0n) is 9.72. The van der Waals surface area contributed by atoms with E-state index in [0.717, 1.165) is 0 Å². The Labute approximate surface area is 108 Å². The minimum atomic E-state index is -1.50. The largest absolute Gasteiger partial charge is 0.394 e. The van der Waals surface area contributed by atoms with Crippen molar-refractivity contribution in [2.24, 2.45) is 0 Å². The molecule has 0 atom stereocenters. The Morgan fingerprint density at radius 2 is 1.89 bits per heavy atom. The molecule has 1 rings (SSSR count). The quantitative estimate of drug-likeness (QED) is 0.506. The van der Waals surface area contributed by atoms with E-state index in [0.29, 0.717) is 5.69 Å². The van der Waals surface area contributed by atoms with Crippen molar-refractivity contribution in [2.75, 3.05) is 19.8 Å². The van der Waals surface area contributed by atoms with Gasteiger partial charge in [0.15, 0.2) is 0 Å². The lowest BCUT2D eigenvalue weighted by molar-refractivity contribution is 0.0373. The van der Waals surface area contributed by atoms with Crippen molar-refractivity contribution in [3.8, 4) is 0 Å². The van der Waals surface area contributed by atoms with Crippen LogP contribution in [0.1, 0.15) is 16.2 Å². The molecule has 0 aliphatic carbocycles. The van der Waals surface area contributed by atoms with Crippen LogP contribution in [0.25, 0.3) is 0 Å². The van der Waals surface area contributed by atoms with Gasteiger partial charge in [0.2, 0.25) is 5.28 Å². The van der Waals surface area contributed by atoms with Gasteiger partial charge in [-0.15, -0.1) is 0 Å². The Morgan fingerprint density at radius 3 is 2.33 bits per heavy atom. The molecule has 0 aliphatic rings. The van der Waals surface area contributed by atoms with Crippen LogP contribution in [0.15, 0.2) is 6.07 Å². The van der Waals surface area contributed by atoms with Gasteiger partial charge < -0.3 is 20.6 Å². The summed E-state index contributed by atoms with van der Waals surface area (Å²) in [5.41, 5.74) is -1.00. The van der Waals surface area contributed by atoms with E-state index in [-0.39, 0.29) is 11.0 Å². The maximum Gasteiger partial charge on any atom is 0.270 e. The number of aliphatic hydroxyl groups excluding tert-OH is 3. The fourth-order valence-corrected chi connectivity index (χ4v) is 1.45. The zero-order valence-corrected chi connectivity index (χ0v) is 10.5. The third kappa shape index (κ3) is 3.36. The van der Waals surface area contributed by atoms with Crippen molar-refractivity contribution < 1.29 is 20.1 Å². The van der Waals surface area contributed by atoms with E-state index in [1.807, 2.05) is 0 Å². The molecule has 1 aromatic heterocycles. The Balaban J connectivity index is 2.94. The van der Waals surface area contributed by atoms with Crippen LogP contribution < -0.4 is 5.32 Å². The summed E-state index contributed by atoms with van der Waals surface area (Å²) in [7, 11) is 0. The second kappa shape index (κ2) is 6.05. The highest BCUT2D eigenvalue weighted by molar-refractivity contribution is 6.28. The second-order valence-electron chi connectivity index (χ2n) is 3.87. The summed E-state index contributed by atoms with van der Waals surface area (Å²) < 4.78 is 0. The lowest BCUT2D eigenvalue weighted by Crippen LogP contribution is -2.57. The van der Waals surface area contributed by atoms with E-state index in [9.17, 15) is 4.79 Å². The monoisotopic (exact) mass is 275 g/mol. The third-order valence-corrected chi connectivity index (χ3v) is 2.52. The molecule has 18 heavy (non-hydrogen) atoms. The van der Waals surface area contributed by atoms with Crippen molar-refractivity contribution in [1.29, 1.82) is 0 Å². The van der Waals surface area contributed by atoms with Crippen molar-refractivity contribution in [3.63, 3.8) is 0 Å². The third-order valence-electron chi connectivity index (χ3n) is 2.35. The number of nitrogens with zero attached hydrogens (tertiary/aromatic N) is 2. The topological polar surface area (TPSA) is 116 Å². The average Bonchev–Trinajstić information content (AvgIpc) is 2.35. The Morgan fingerprint density at radius 1 is 1.33 bits per heavy atom. The van der Waals surface area contributed by atoms with Crippen LogP contribution in [0, 0.1) is 6.92 Å². The molecule has 0 unspecified atom stereocenters. The number of hydrogen-bond donors (Lipinski definition) is 4. The summed E-state index contributed by atoms with van der Waals surface area (Å²) in [4.78, 5) is 19.4. The molecule has 1 aromatic rings. The Hall–Kier alpha value is -1.28. The molecule has 0 fully saturated rings. The first-order chi connectivity index (χ1) is 8.46. The minimum absolute atomic E-state index is 0.00720. The van der Waals surface area contributed by atoms with Gasteiger partial charge in [-0.05, 0) is 24.6 Å². The Kier molecular flexibility index (Phi) is 4.97. The van der Waals surface area contributed by atoms with Crippen LogP contribution >= 0.6 is 11.6 Å². The lowest BCUT2D eigenvalue weighted by Gasteiger charge is -2.28. The molecule has 0 spiro atoms. The lowest BCUT2D eigenvalue weighted by atomic mass is 10.0. The summed E-state index contributed by atoms with van der Waals surface area (Å²) >= 11 is 5.62. The summed E-state index contributed by atoms with van der Waals surface area (Å²) in [6, 6.07) is 1.40. The molecular formula is C10H14ClN3O4. The SMILES string of the molecule is Cc1cc(C(=O)NC(CO)(CO)CO)nc(Cl)n1. The van der Waals surface area contributed by atoms with E-state index in [4.69, 9.17) is 26.9 Å². The molecule has 1 amide bonds. The van der Waals surface area contributed by atoms with Crippen LogP contribution in [-0.4, -0.2) is 56.6 Å². The first-order valence-corrected chi connectivity index (χ1v) is 5.50. The number of nitrogens with one attached hydrogen (secondary N) is 1. The number of rotatable bonds is 5. The number of hydrogen-bond acceptors (Lipinski definition) is 6. The van der Waals surface area contributed by atoms with E-state index in [2.05, 4.69) is 15.3 Å². The van der Waals surface area contributed by atoms with Crippen LogP contribution in [-0.2, 0) is 0 Å². The summed E-state index contributed by atoms with van der Waals surface area (Å²) in [5, 5.41) is 29.5. The highest BCUT2D eigenvalue weighted by Crippen LogP contribution is 2.08. The molecule has 0 saturated heterocycles. The molecule has 8 heteroatoms. The number of halogens is 1. The molecule has 1 heterocycles. The maximum atomic E-state index is 11.8. The van der Waals surface area contributed by atoms with Crippen LogP contribution in [0.3, 0.4) is 0 Å². The van der Waals surface area contributed by atoms with E-state index in [1.54, 1.807) is 6.92 Å². The van der Waals surface area contributed by atoms with E-state index >= 15 is 0 Å². The normalized spacial score (nSPS) is 11.4. The van der Waals surface area contributed by atoms with Crippen LogP contribution in [0.4, 0.5) is 0 Å².